The van der Waals surface area contributed by atoms with Crippen LogP contribution in [0.15, 0.2) is 59.5 Å². The molecule has 2 aromatic carbocycles. The normalized spacial score (nSPS) is 12.6. The van der Waals surface area contributed by atoms with Crippen LogP contribution in [0.25, 0.3) is 0 Å². The Morgan fingerprint density at radius 2 is 1.64 bits per heavy atom. The molecule has 180 valence electrons. The van der Waals surface area contributed by atoms with Gasteiger partial charge >= 0.3 is 0 Å². The van der Waals surface area contributed by atoms with E-state index in [-0.39, 0.29) is 23.4 Å². The molecule has 7 nitrogen and oxygen atoms in total. The molecule has 0 radical (unpaired) electrons. The summed E-state index contributed by atoms with van der Waals surface area (Å²) >= 11 is 5.86. The molecule has 0 saturated heterocycles. The Bertz CT molecular complexity index is 1030. The van der Waals surface area contributed by atoms with E-state index < -0.39 is 22.0 Å². The third-order valence-corrected chi connectivity index (χ3v) is 7.25. The first-order valence-corrected chi connectivity index (χ1v) is 12.7. The zero-order chi connectivity index (χ0) is 24.6. The van der Waals surface area contributed by atoms with Gasteiger partial charge in [0.05, 0.1) is 11.4 Å². The van der Waals surface area contributed by atoms with Gasteiger partial charge in [-0.05, 0) is 56.5 Å². The molecule has 2 rings (SSSR count). The zero-order valence-corrected chi connectivity index (χ0v) is 21.1. The van der Waals surface area contributed by atoms with Gasteiger partial charge in [0, 0.05) is 24.7 Å². The summed E-state index contributed by atoms with van der Waals surface area (Å²) in [6, 6.07) is 14.6. The van der Waals surface area contributed by atoms with Crippen molar-refractivity contribution in [3.63, 3.8) is 0 Å². The van der Waals surface area contributed by atoms with E-state index in [9.17, 15) is 18.0 Å². The number of amides is 2. The SMILES string of the molecule is CC[C@H](C(=O)NC(C)C)N(CCc1ccccc1)C(=O)CN(C)S(=O)(=O)c1ccc(Cl)cc1. The summed E-state index contributed by atoms with van der Waals surface area (Å²) in [6.07, 6.45) is 0.957. The number of rotatable bonds is 11. The molecule has 0 aliphatic heterocycles. The number of hydrogen-bond donors (Lipinski definition) is 1. The molecule has 1 atom stereocenters. The van der Waals surface area contributed by atoms with Gasteiger partial charge in [-0.2, -0.15) is 4.31 Å². The molecular formula is C24H32ClN3O4S. The van der Waals surface area contributed by atoms with Crippen LogP contribution < -0.4 is 5.32 Å². The predicted octanol–water partition coefficient (Wildman–Crippen LogP) is 3.34. The summed E-state index contributed by atoms with van der Waals surface area (Å²) in [5, 5.41) is 3.28. The van der Waals surface area contributed by atoms with Crippen molar-refractivity contribution in [3.05, 3.63) is 65.2 Å². The van der Waals surface area contributed by atoms with Gasteiger partial charge in [0.2, 0.25) is 21.8 Å². The van der Waals surface area contributed by atoms with Crippen molar-refractivity contribution >= 4 is 33.4 Å². The van der Waals surface area contributed by atoms with Crippen LogP contribution in [0.4, 0.5) is 0 Å². The number of carbonyl (C=O) groups excluding carboxylic acids is 2. The van der Waals surface area contributed by atoms with Gasteiger partial charge in [-0.15, -0.1) is 0 Å². The van der Waals surface area contributed by atoms with E-state index in [0.29, 0.717) is 24.4 Å². The summed E-state index contributed by atoms with van der Waals surface area (Å²) in [6.45, 7) is 5.45. The van der Waals surface area contributed by atoms with Crippen molar-refractivity contribution in [3.8, 4) is 0 Å². The maximum atomic E-state index is 13.3. The van der Waals surface area contributed by atoms with Crippen molar-refractivity contribution in [2.45, 2.75) is 50.6 Å². The molecule has 33 heavy (non-hydrogen) atoms. The summed E-state index contributed by atoms with van der Waals surface area (Å²) in [5.74, 6) is -0.686. The first-order valence-electron chi connectivity index (χ1n) is 10.9. The van der Waals surface area contributed by atoms with E-state index in [2.05, 4.69) is 5.32 Å². The van der Waals surface area contributed by atoms with E-state index >= 15 is 0 Å². The van der Waals surface area contributed by atoms with E-state index in [1.807, 2.05) is 51.1 Å². The van der Waals surface area contributed by atoms with Crippen LogP contribution in [0, 0.1) is 0 Å². The van der Waals surface area contributed by atoms with Crippen molar-refractivity contribution in [1.82, 2.24) is 14.5 Å². The lowest BCUT2D eigenvalue weighted by molar-refractivity contribution is -0.140. The number of nitrogens with one attached hydrogen (secondary N) is 1. The highest BCUT2D eigenvalue weighted by Crippen LogP contribution is 2.18. The molecule has 0 heterocycles. The fourth-order valence-electron chi connectivity index (χ4n) is 3.43. The lowest BCUT2D eigenvalue weighted by Gasteiger charge is -2.32. The molecule has 1 N–H and O–H groups in total. The second kappa shape index (κ2) is 12.2. The van der Waals surface area contributed by atoms with Crippen molar-refractivity contribution in [2.24, 2.45) is 0 Å². The van der Waals surface area contributed by atoms with Crippen LogP contribution in [-0.4, -0.2) is 61.7 Å². The van der Waals surface area contributed by atoms with Crippen molar-refractivity contribution < 1.29 is 18.0 Å². The van der Waals surface area contributed by atoms with Gasteiger partial charge in [0.1, 0.15) is 6.04 Å². The third kappa shape index (κ3) is 7.55. The smallest absolute Gasteiger partial charge is 0.243 e. The second-order valence-corrected chi connectivity index (χ2v) is 10.6. The van der Waals surface area contributed by atoms with Gasteiger partial charge in [-0.3, -0.25) is 9.59 Å². The molecule has 0 aliphatic carbocycles. The Morgan fingerprint density at radius 3 is 2.18 bits per heavy atom. The summed E-state index contributed by atoms with van der Waals surface area (Å²) < 4.78 is 26.9. The number of likely N-dealkylation sites (N-methyl/N-ethyl adjacent to an activating group) is 1. The lowest BCUT2D eigenvalue weighted by atomic mass is 10.1. The molecule has 2 aromatic rings. The van der Waals surface area contributed by atoms with E-state index in [1.54, 1.807) is 0 Å². The van der Waals surface area contributed by atoms with Gasteiger partial charge in [-0.25, -0.2) is 8.42 Å². The third-order valence-electron chi connectivity index (χ3n) is 5.18. The van der Waals surface area contributed by atoms with E-state index in [0.717, 1.165) is 9.87 Å². The Hall–Kier alpha value is -2.42. The van der Waals surface area contributed by atoms with Crippen LogP contribution in [0.3, 0.4) is 0 Å². The van der Waals surface area contributed by atoms with Crippen LogP contribution in [0.1, 0.15) is 32.8 Å². The number of carbonyl (C=O) groups is 2. The molecule has 0 fully saturated rings. The van der Waals surface area contributed by atoms with Crippen LogP contribution in [0.5, 0.6) is 0 Å². The highest BCUT2D eigenvalue weighted by molar-refractivity contribution is 7.89. The molecule has 0 unspecified atom stereocenters. The van der Waals surface area contributed by atoms with Gasteiger partial charge in [-0.1, -0.05) is 48.9 Å². The Labute approximate surface area is 201 Å². The number of benzene rings is 2. The topological polar surface area (TPSA) is 86.8 Å². The maximum absolute atomic E-state index is 13.3. The zero-order valence-electron chi connectivity index (χ0n) is 19.5. The Morgan fingerprint density at radius 1 is 1.03 bits per heavy atom. The predicted molar refractivity (Wildman–Crippen MR) is 130 cm³/mol. The minimum atomic E-state index is -3.90. The monoisotopic (exact) mass is 493 g/mol. The lowest BCUT2D eigenvalue weighted by Crippen LogP contribution is -2.53. The van der Waals surface area contributed by atoms with E-state index in [4.69, 9.17) is 11.6 Å². The Balaban J connectivity index is 2.25. The number of nitrogens with zero attached hydrogens (tertiary/aromatic N) is 2. The van der Waals surface area contributed by atoms with Crippen molar-refractivity contribution in [2.75, 3.05) is 20.1 Å². The maximum Gasteiger partial charge on any atom is 0.243 e. The second-order valence-electron chi connectivity index (χ2n) is 8.13. The van der Waals surface area contributed by atoms with Crippen LogP contribution >= 0.6 is 11.6 Å². The summed E-state index contributed by atoms with van der Waals surface area (Å²) in [4.78, 5) is 27.7. The van der Waals surface area contributed by atoms with Gasteiger partial charge < -0.3 is 10.2 Å². The fourth-order valence-corrected chi connectivity index (χ4v) is 4.68. The molecule has 0 bridgehead atoms. The average molecular weight is 494 g/mol. The number of sulfonamides is 1. The highest BCUT2D eigenvalue weighted by atomic mass is 35.5. The molecule has 0 aliphatic rings. The fraction of sp³-hybridized carbons (Fsp3) is 0.417. The van der Waals surface area contributed by atoms with Gasteiger partial charge in [0.25, 0.3) is 0 Å². The quantitative estimate of drug-likeness (QED) is 0.520. The van der Waals surface area contributed by atoms with Crippen LogP contribution in [-0.2, 0) is 26.0 Å². The standard InChI is InChI=1S/C24H32ClN3O4S/c1-5-22(24(30)26-18(2)3)28(16-15-19-9-7-6-8-10-19)23(29)17-27(4)33(31,32)21-13-11-20(25)12-14-21/h6-14,18,22H,5,15-17H2,1-4H3,(H,26,30)/t22-/m1/s1. The summed E-state index contributed by atoms with van der Waals surface area (Å²) in [5.41, 5.74) is 1.02. The van der Waals surface area contributed by atoms with E-state index in [1.165, 1.54) is 36.2 Å². The number of halogens is 1. The van der Waals surface area contributed by atoms with Crippen molar-refractivity contribution in [1.29, 1.82) is 0 Å². The average Bonchev–Trinajstić information content (AvgIpc) is 2.76. The Kier molecular flexibility index (Phi) is 9.88. The first-order chi connectivity index (χ1) is 15.6. The minimum absolute atomic E-state index is 0.0441. The molecular weight excluding hydrogens is 462 g/mol. The minimum Gasteiger partial charge on any atom is -0.352 e. The summed E-state index contributed by atoms with van der Waals surface area (Å²) in [7, 11) is -2.54. The van der Waals surface area contributed by atoms with Gasteiger partial charge in [0.15, 0.2) is 0 Å². The molecule has 0 aromatic heterocycles. The van der Waals surface area contributed by atoms with Crippen LogP contribution in [0.2, 0.25) is 5.02 Å². The molecule has 0 spiro atoms. The molecule has 9 heteroatoms. The largest absolute Gasteiger partial charge is 0.352 e. The first kappa shape index (κ1) is 26.8. The molecule has 0 saturated carbocycles. The highest BCUT2D eigenvalue weighted by Gasteiger charge is 2.31. The number of hydrogen-bond acceptors (Lipinski definition) is 4. The molecule has 2 amide bonds.